The van der Waals surface area contributed by atoms with Crippen LogP contribution in [0.1, 0.15) is 31.7 Å². The van der Waals surface area contributed by atoms with Crippen molar-refractivity contribution in [1.29, 1.82) is 0 Å². The van der Waals surface area contributed by atoms with E-state index in [1.165, 1.54) is 18.9 Å². The normalized spacial score (nSPS) is 15.0. The van der Waals surface area contributed by atoms with E-state index >= 15 is 0 Å². The van der Waals surface area contributed by atoms with Crippen LogP contribution in [-0.2, 0) is 6.61 Å². The van der Waals surface area contributed by atoms with Crippen LogP contribution in [0.15, 0.2) is 18.2 Å². The minimum atomic E-state index is -0.217. The largest absolute Gasteiger partial charge is 0.392 e. The third-order valence-electron chi connectivity index (χ3n) is 3.20. The van der Waals surface area contributed by atoms with Gasteiger partial charge in [0.05, 0.1) is 12.3 Å². The molecule has 1 N–H and O–H groups in total. The number of hydrogen-bond acceptors (Lipinski definition) is 2. The van der Waals surface area contributed by atoms with Crippen molar-refractivity contribution >= 4 is 5.69 Å². The summed E-state index contributed by atoms with van der Waals surface area (Å²) in [5, 5.41) is 8.97. The molecule has 17 heavy (non-hydrogen) atoms. The minimum absolute atomic E-state index is 0.104. The van der Waals surface area contributed by atoms with E-state index in [1.807, 2.05) is 0 Å². The quantitative estimate of drug-likeness (QED) is 0.822. The maximum atomic E-state index is 13.9. The third-order valence-corrected chi connectivity index (χ3v) is 3.20. The van der Waals surface area contributed by atoms with E-state index in [9.17, 15) is 4.39 Å². The SMILES string of the molecule is CCCN(CC1CC1)c1ccc(CO)cc1F. The molecular weight excluding hydrogens is 217 g/mol. The van der Waals surface area contributed by atoms with E-state index in [1.54, 1.807) is 12.1 Å². The first-order valence-corrected chi connectivity index (χ1v) is 6.38. The summed E-state index contributed by atoms with van der Waals surface area (Å²) in [6.07, 6.45) is 3.57. The van der Waals surface area contributed by atoms with Gasteiger partial charge >= 0.3 is 0 Å². The van der Waals surface area contributed by atoms with Crippen LogP contribution in [0.5, 0.6) is 0 Å². The van der Waals surface area contributed by atoms with Gasteiger partial charge in [0.2, 0.25) is 0 Å². The summed E-state index contributed by atoms with van der Waals surface area (Å²) >= 11 is 0. The molecule has 1 aliphatic rings. The fraction of sp³-hybridized carbons (Fsp3) is 0.571. The first kappa shape index (κ1) is 12.4. The van der Waals surface area contributed by atoms with Gasteiger partial charge in [-0.2, -0.15) is 0 Å². The first-order chi connectivity index (χ1) is 8.24. The third kappa shape index (κ3) is 3.19. The summed E-state index contributed by atoms with van der Waals surface area (Å²) < 4.78 is 13.9. The molecule has 0 saturated heterocycles. The smallest absolute Gasteiger partial charge is 0.146 e. The summed E-state index contributed by atoms with van der Waals surface area (Å²) in [6, 6.07) is 5.03. The zero-order valence-corrected chi connectivity index (χ0v) is 10.3. The molecule has 1 aromatic carbocycles. The van der Waals surface area contributed by atoms with Gasteiger partial charge in [0.15, 0.2) is 0 Å². The predicted octanol–water partition coefficient (Wildman–Crippen LogP) is 2.94. The fourth-order valence-electron chi connectivity index (χ4n) is 2.10. The highest BCUT2D eigenvalue weighted by Crippen LogP contribution is 2.32. The summed E-state index contributed by atoms with van der Waals surface area (Å²) in [4.78, 5) is 2.13. The lowest BCUT2D eigenvalue weighted by molar-refractivity contribution is 0.281. The van der Waals surface area contributed by atoms with E-state index in [4.69, 9.17) is 5.11 Å². The fourth-order valence-corrected chi connectivity index (χ4v) is 2.10. The van der Waals surface area contributed by atoms with Gasteiger partial charge in [-0.25, -0.2) is 4.39 Å². The van der Waals surface area contributed by atoms with Crippen LogP contribution in [0.25, 0.3) is 0 Å². The Morgan fingerprint density at radius 3 is 2.71 bits per heavy atom. The first-order valence-electron chi connectivity index (χ1n) is 6.38. The van der Waals surface area contributed by atoms with Crippen molar-refractivity contribution in [2.75, 3.05) is 18.0 Å². The van der Waals surface area contributed by atoms with Gasteiger partial charge in [0.1, 0.15) is 5.82 Å². The van der Waals surface area contributed by atoms with Crippen LogP contribution >= 0.6 is 0 Å². The van der Waals surface area contributed by atoms with Crippen LogP contribution in [0.3, 0.4) is 0 Å². The van der Waals surface area contributed by atoms with Gasteiger partial charge in [0, 0.05) is 13.1 Å². The van der Waals surface area contributed by atoms with Crippen LogP contribution < -0.4 is 4.90 Å². The number of hydrogen-bond donors (Lipinski definition) is 1. The van der Waals surface area contributed by atoms with Crippen molar-refractivity contribution < 1.29 is 9.50 Å². The van der Waals surface area contributed by atoms with Crippen molar-refractivity contribution in [1.82, 2.24) is 0 Å². The van der Waals surface area contributed by atoms with E-state index in [0.29, 0.717) is 11.3 Å². The molecular formula is C14H20FNO. The zero-order valence-electron chi connectivity index (χ0n) is 10.3. The van der Waals surface area contributed by atoms with Gasteiger partial charge < -0.3 is 10.0 Å². The molecule has 3 heteroatoms. The van der Waals surface area contributed by atoms with E-state index in [2.05, 4.69) is 11.8 Å². The molecule has 0 amide bonds. The van der Waals surface area contributed by atoms with Crippen LogP contribution in [0.4, 0.5) is 10.1 Å². The highest BCUT2D eigenvalue weighted by atomic mass is 19.1. The maximum Gasteiger partial charge on any atom is 0.146 e. The topological polar surface area (TPSA) is 23.5 Å². The Morgan fingerprint density at radius 2 is 2.18 bits per heavy atom. The molecule has 0 aliphatic heterocycles. The Labute approximate surface area is 102 Å². The number of aliphatic hydroxyl groups is 1. The second-order valence-corrected chi connectivity index (χ2v) is 4.83. The monoisotopic (exact) mass is 237 g/mol. The van der Waals surface area contributed by atoms with Crippen LogP contribution in [-0.4, -0.2) is 18.2 Å². The second kappa shape index (κ2) is 5.50. The van der Waals surface area contributed by atoms with Crippen molar-refractivity contribution in [3.63, 3.8) is 0 Å². The Hall–Kier alpha value is -1.09. The molecule has 1 saturated carbocycles. The molecule has 0 unspecified atom stereocenters. The van der Waals surface area contributed by atoms with Crippen LogP contribution in [0.2, 0.25) is 0 Å². The van der Waals surface area contributed by atoms with E-state index < -0.39 is 0 Å². The summed E-state index contributed by atoms with van der Waals surface area (Å²) in [7, 11) is 0. The second-order valence-electron chi connectivity index (χ2n) is 4.83. The molecule has 0 atom stereocenters. The number of halogens is 1. The predicted molar refractivity (Wildman–Crippen MR) is 67.6 cm³/mol. The number of aliphatic hydroxyl groups excluding tert-OH is 1. The molecule has 2 rings (SSSR count). The van der Waals surface area contributed by atoms with Gasteiger partial charge in [-0.3, -0.25) is 0 Å². The van der Waals surface area contributed by atoms with Crippen molar-refractivity contribution in [2.24, 2.45) is 5.92 Å². The van der Waals surface area contributed by atoms with Crippen molar-refractivity contribution in [3.8, 4) is 0 Å². The standard InChI is InChI=1S/C14H20FNO/c1-2-7-16(9-11-3-4-11)14-6-5-12(10-17)8-13(14)15/h5-6,8,11,17H,2-4,7,9-10H2,1H3. The lowest BCUT2D eigenvalue weighted by Crippen LogP contribution is -2.27. The van der Waals surface area contributed by atoms with Gasteiger partial charge in [-0.05, 0) is 42.9 Å². The molecule has 2 nitrogen and oxygen atoms in total. The number of benzene rings is 1. The molecule has 94 valence electrons. The average Bonchev–Trinajstić information content (AvgIpc) is 3.12. The number of rotatable bonds is 6. The lowest BCUT2D eigenvalue weighted by Gasteiger charge is -2.25. The Bertz CT molecular complexity index is 376. The Morgan fingerprint density at radius 1 is 1.41 bits per heavy atom. The Balaban J connectivity index is 2.15. The zero-order chi connectivity index (χ0) is 12.3. The molecule has 1 aliphatic carbocycles. The molecule has 1 fully saturated rings. The number of nitrogens with zero attached hydrogens (tertiary/aromatic N) is 1. The van der Waals surface area contributed by atoms with E-state index in [-0.39, 0.29) is 12.4 Å². The van der Waals surface area contributed by atoms with Crippen molar-refractivity contribution in [2.45, 2.75) is 32.8 Å². The van der Waals surface area contributed by atoms with Crippen molar-refractivity contribution in [3.05, 3.63) is 29.6 Å². The average molecular weight is 237 g/mol. The lowest BCUT2D eigenvalue weighted by atomic mass is 10.1. The molecule has 0 bridgehead atoms. The highest BCUT2D eigenvalue weighted by Gasteiger charge is 2.25. The van der Waals surface area contributed by atoms with E-state index in [0.717, 1.165) is 25.4 Å². The summed E-state index contributed by atoms with van der Waals surface area (Å²) in [5.41, 5.74) is 1.31. The Kier molecular flexibility index (Phi) is 4.00. The number of anilines is 1. The molecule has 0 heterocycles. The molecule has 0 radical (unpaired) electrons. The molecule has 1 aromatic rings. The van der Waals surface area contributed by atoms with Gasteiger partial charge in [-0.15, -0.1) is 0 Å². The summed E-state index contributed by atoms with van der Waals surface area (Å²) in [6.45, 7) is 3.86. The van der Waals surface area contributed by atoms with Crippen LogP contribution in [0, 0.1) is 11.7 Å². The van der Waals surface area contributed by atoms with Gasteiger partial charge in [-0.1, -0.05) is 13.0 Å². The minimum Gasteiger partial charge on any atom is -0.392 e. The highest BCUT2D eigenvalue weighted by molar-refractivity contribution is 5.49. The van der Waals surface area contributed by atoms with Gasteiger partial charge in [0.25, 0.3) is 0 Å². The maximum absolute atomic E-state index is 13.9. The molecule has 0 spiro atoms. The summed E-state index contributed by atoms with van der Waals surface area (Å²) in [5.74, 6) is 0.532. The molecule has 0 aromatic heterocycles.